The summed E-state index contributed by atoms with van der Waals surface area (Å²) in [6.07, 6.45) is 3.96. The van der Waals surface area contributed by atoms with E-state index in [0.29, 0.717) is 0 Å². The maximum Gasteiger partial charge on any atom is 0.134 e. The number of halogens is 1. The average Bonchev–Trinajstić information content (AvgIpc) is 2.62. The van der Waals surface area contributed by atoms with Crippen LogP contribution in [0.1, 0.15) is 12.0 Å². The molecule has 0 radical (unpaired) electrons. The maximum atomic E-state index is 5.95. The molecule has 80 valence electrons. The van der Waals surface area contributed by atoms with Crippen LogP contribution in [0.25, 0.3) is 11.0 Å². The minimum atomic E-state index is 0.763. The summed E-state index contributed by atoms with van der Waals surface area (Å²) < 4.78 is 5.46. The molecule has 0 aliphatic heterocycles. The van der Waals surface area contributed by atoms with Crippen molar-refractivity contribution < 1.29 is 4.42 Å². The Labute approximate surface area is 94.2 Å². The van der Waals surface area contributed by atoms with Crippen molar-refractivity contribution in [2.75, 3.05) is 13.6 Å². The fourth-order valence-corrected chi connectivity index (χ4v) is 1.88. The van der Waals surface area contributed by atoms with Crippen LogP contribution in [0.5, 0.6) is 0 Å². The first-order valence-electron chi connectivity index (χ1n) is 5.11. The highest BCUT2D eigenvalue weighted by Crippen LogP contribution is 2.25. The number of fused-ring (bicyclic) bond motifs is 1. The van der Waals surface area contributed by atoms with Crippen molar-refractivity contribution in [1.82, 2.24) is 5.32 Å². The lowest BCUT2D eigenvalue weighted by atomic mass is 10.1. The minimum Gasteiger partial charge on any atom is -0.464 e. The topological polar surface area (TPSA) is 25.2 Å². The zero-order valence-electron chi connectivity index (χ0n) is 8.72. The molecule has 15 heavy (non-hydrogen) atoms. The average molecular weight is 224 g/mol. The maximum absolute atomic E-state index is 5.95. The molecule has 0 saturated heterocycles. The molecule has 0 saturated carbocycles. The predicted molar refractivity (Wildman–Crippen MR) is 63.5 cm³/mol. The molecular weight excluding hydrogens is 210 g/mol. The van der Waals surface area contributed by atoms with Crippen LogP contribution >= 0.6 is 11.6 Å². The molecule has 1 aromatic heterocycles. The molecule has 2 rings (SSSR count). The SMILES string of the molecule is CNCCCc1coc2ccc(Cl)cc12. The molecule has 1 heterocycles. The Balaban J connectivity index is 2.23. The van der Waals surface area contributed by atoms with Gasteiger partial charge in [-0.3, -0.25) is 0 Å². The standard InChI is InChI=1S/C12H14ClNO/c1-14-6-2-3-9-8-15-12-5-4-10(13)7-11(9)12/h4-5,7-8,14H,2-3,6H2,1H3. The molecule has 0 atom stereocenters. The van der Waals surface area contributed by atoms with Crippen LogP contribution < -0.4 is 5.32 Å². The van der Waals surface area contributed by atoms with Gasteiger partial charge >= 0.3 is 0 Å². The van der Waals surface area contributed by atoms with Crippen LogP contribution in [0.3, 0.4) is 0 Å². The van der Waals surface area contributed by atoms with Crippen LogP contribution in [0.4, 0.5) is 0 Å². The Kier molecular flexibility index (Phi) is 3.29. The molecule has 0 bridgehead atoms. The zero-order valence-corrected chi connectivity index (χ0v) is 9.47. The van der Waals surface area contributed by atoms with Crippen LogP contribution in [-0.2, 0) is 6.42 Å². The number of benzene rings is 1. The second-order valence-corrected chi connectivity index (χ2v) is 4.04. The zero-order chi connectivity index (χ0) is 10.7. The lowest BCUT2D eigenvalue weighted by Crippen LogP contribution is -2.08. The number of aryl methyl sites for hydroxylation is 1. The highest BCUT2D eigenvalue weighted by molar-refractivity contribution is 6.31. The number of furan rings is 1. The number of rotatable bonds is 4. The molecule has 1 N–H and O–H groups in total. The van der Waals surface area contributed by atoms with E-state index in [-0.39, 0.29) is 0 Å². The van der Waals surface area contributed by atoms with Gasteiger partial charge in [0.25, 0.3) is 0 Å². The van der Waals surface area contributed by atoms with E-state index >= 15 is 0 Å². The van der Waals surface area contributed by atoms with E-state index in [0.717, 1.165) is 35.4 Å². The van der Waals surface area contributed by atoms with Crippen molar-refractivity contribution in [2.24, 2.45) is 0 Å². The summed E-state index contributed by atoms with van der Waals surface area (Å²) in [5, 5.41) is 5.03. The molecule has 0 aliphatic carbocycles. The highest BCUT2D eigenvalue weighted by Gasteiger charge is 2.05. The van der Waals surface area contributed by atoms with Gasteiger partial charge in [0.2, 0.25) is 0 Å². The Morgan fingerprint density at radius 1 is 1.40 bits per heavy atom. The van der Waals surface area contributed by atoms with Crippen LogP contribution in [-0.4, -0.2) is 13.6 Å². The number of hydrogen-bond donors (Lipinski definition) is 1. The molecular formula is C12H14ClNO. The summed E-state index contributed by atoms with van der Waals surface area (Å²) in [6.45, 7) is 1.02. The molecule has 3 heteroatoms. The van der Waals surface area contributed by atoms with Crippen molar-refractivity contribution >= 4 is 22.6 Å². The molecule has 2 nitrogen and oxygen atoms in total. The lowest BCUT2D eigenvalue weighted by Gasteiger charge is -1.98. The minimum absolute atomic E-state index is 0.763. The molecule has 0 spiro atoms. The lowest BCUT2D eigenvalue weighted by molar-refractivity contribution is 0.607. The Bertz CT molecular complexity index is 450. The van der Waals surface area contributed by atoms with E-state index in [1.165, 1.54) is 5.56 Å². The van der Waals surface area contributed by atoms with E-state index in [1.54, 1.807) is 0 Å². The normalized spacial score (nSPS) is 11.1. The highest BCUT2D eigenvalue weighted by atomic mass is 35.5. The molecule has 1 aromatic carbocycles. The predicted octanol–water partition coefficient (Wildman–Crippen LogP) is 3.24. The molecule has 0 amide bonds. The van der Waals surface area contributed by atoms with Gasteiger partial charge in [-0.05, 0) is 50.2 Å². The van der Waals surface area contributed by atoms with E-state index in [2.05, 4.69) is 5.32 Å². The van der Waals surface area contributed by atoms with Crippen molar-refractivity contribution in [2.45, 2.75) is 12.8 Å². The van der Waals surface area contributed by atoms with Gasteiger partial charge in [0.1, 0.15) is 5.58 Å². The summed E-state index contributed by atoms with van der Waals surface area (Å²) in [7, 11) is 1.96. The third-order valence-electron chi connectivity index (χ3n) is 2.49. The quantitative estimate of drug-likeness (QED) is 0.806. The van der Waals surface area contributed by atoms with Gasteiger partial charge in [0, 0.05) is 10.4 Å². The number of hydrogen-bond acceptors (Lipinski definition) is 2. The van der Waals surface area contributed by atoms with Gasteiger partial charge in [-0.1, -0.05) is 11.6 Å². The second-order valence-electron chi connectivity index (χ2n) is 3.61. The van der Waals surface area contributed by atoms with Crippen LogP contribution in [0.15, 0.2) is 28.9 Å². The largest absolute Gasteiger partial charge is 0.464 e. The molecule has 0 fully saturated rings. The van der Waals surface area contributed by atoms with Crippen molar-refractivity contribution in [3.05, 3.63) is 35.0 Å². The van der Waals surface area contributed by atoms with E-state index in [1.807, 2.05) is 31.5 Å². The summed E-state index contributed by atoms with van der Waals surface area (Å²) in [5.41, 5.74) is 2.15. The molecule has 2 aromatic rings. The van der Waals surface area contributed by atoms with E-state index in [4.69, 9.17) is 16.0 Å². The van der Waals surface area contributed by atoms with Gasteiger partial charge in [-0.15, -0.1) is 0 Å². The Morgan fingerprint density at radius 2 is 2.27 bits per heavy atom. The van der Waals surface area contributed by atoms with Gasteiger partial charge < -0.3 is 9.73 Å². The fourth-order valence-electron chi connectivity index (χ4n) is 1.70. The summed E-state index contributed by atoms with van der Waals surface area (Å²) in [6, 6.07) is 5.74. The fraction of sp³-hybridized carbons (Fsp3) is 0.333. The summed E-state index contributed by atoms with van der Waals surface area (Å²) in [5.74, 6) is 0. The van der Waals surface area contributed by atoms with Crippen molar-refractivity contribution in [3.8, 4) is 0 Å². The van der Waals surface area contributed by atoms with Crippen LogP contribution in [0, 0.1) is 0 Å². The van der Waals surface area contributed by atoms with Gasteiger partial charge in [-0.2, -0.15) is 0 Å². The first-order valence-corrected chi connectivity index (χ1v) is 5.49. The van der Waals surface area contributed by atoms with Gasteiger partial charge in [-0.25, -0.2) is 0 Å². The smallest absolute Gasteiger partial charge is 0.134 e. The van der Waals surface area contributed by atoms with E-state index in [9.17, 15) is 0 Å². The Morgan fingerprint density at radius 3 is 3.07 bits per heavy atom. The summed E-state index contributed by atoms with van der Waals surface area (Å²) in [4.78, 5) is 0. The van der Waals surface area contributed by atoms with Crippen LogP contribution in [0.2, 0.25) is 5.02 Å². The van der Waals surface area contributed by atoms with Gasteiger partial charge in [0.05, 0.1) is 6.26 Å². The van der Waals surface area contributed by atoms with Crippen molar-refractivity contribution in [1.29, 1.82) is 0 Å². The van der Waals surface area contributed by atoms with Gasteiger partial charge in [0.15, 0.2) is 0 Å². The third kappa shape index (κ3) is 2.33. The molecule has 0 unspecified atom stereocenters. The summed E-state index contributed by atoms with van der Waals surface area (Å²) >= 11 is 5.95. The van der Waals surface area contributed by atoms with E-state index < -0.39 is 0 Å². The Hall–Kier alpha value is -0.990. The molecule has 0 aliphatic rings. The monoisotopic (exact) mass is 223 g/mol. The second kappa shape index (κ2) is 4.69. The first-order chi connectivity index (χ1) is 7.31. The first kappa shape index (κ1) is 10.5. The van der Waals surface area contributed by atoms with Crippen molar-refractivity contribution in [3.63, 3.8) is 0 Å². The number of nitrogens with one attached hydrogen (secondary N) is 1. The third-order valence-corrected chi connectivity index (χ3v) is 2.72.